The van der Waals surface area contributed by atoms with E-state index in [1.54, 1.807) is 0 Å². The van der Waals surface area contributed by atoms with Crippen molar-refractivity contribution in [3.05, 3.63) is 35.9 Å². The molecule has 0 saturated carbocycles. The van der Waals surface area contributed by atoms with E-state index >= 15 is 0 Å². The number of nitrogens with two attached hydrogens (primary N) is 1. The maximum absolute atomic E-state index is 12.5. The molecule has 1 unspecified atom stereocenters. The Bertz CT molecular complexity index is 552. The Morgan fingerprint density at radius 3 is 2.23 bits per heavy atom. The van der Waals surface area contributed by atoms with Crippen molar-refractivity contribution in [2.24, 2.45) is 11.1 Å². The smallest absolute Gasteiger partial charge is 0.236 e. The summed E-state index contributed by atoms with van der Waals surface area (Å²) in [6.45, 7) is 10.1. The van der Waals surface area contributed by atoms with Gasteiger partial charge in [-0.05, 0) is 23.9 Å². The van der Waals surface area contributed by atoms with Crippen molar-refractivity contribution in [3.8, 4) is 0 Å². The molecule has 0 spiro atoms. The van der Waals surface area contributed by atoms with E-state index < -0.39 is 0 Å². The molecule has 1 aromatic carbocycles. The summed E-state index contributed by atoms with van der Waals surface area (Å²) in [5.41, 5.74) is 7.32. The minimum absolute atomic E-state index is 0. The van der Waals surface area contributed by atoms with Crippen LogP contribution in [0.5, 0.6) is 0 Å². The highest BCUT2D eigenvalue weighted by atomic mass is 35.5. The van der Waals surface area contributed by atoms with E-state index in [9.17, 15) is 4.79 Å². The second-order valence-corrected chi connectivity index (χ2v) is 7.62. The number of nitrogens with zero attached hydrogens (tertiary/aromatic N) is 3. The minimum atomic E-state index is 0. The predicted octanol–water partition coefficient (Wildman–Crippen LogP) is 1.85. The van der Waals surface area contributed by atoms with Crippen LogP contribution in [0.3, 0.4) is 0 Å². The van der Waals surface area contributed by atoms with Crippen molar-refractivity contribution in [3.63, 3.8) is 0 Å². The van der Waals surface area contributed by atoms with Crippen LogP contribution in [0.4, 0.5) is 0 Å². The second kappa shape index (κ2) is 10.5. The summed E-state index contributed by atoms with van der Waals surface area (Å²) < 4.78 is 0. The van der Waals surface area contributed by atoms with Crippen LogP contribution in [-0.4, -0.2) is 73.0 Å². The third kappa shape index (κ3) is 6.10. The van der Waals surface area contributed by atoms with Crippen LogP contribution in [0.25, 0.3) is 0 Å². The number of hydrogen-bond acceptors (Lipinski definition) is 4. The second-order valence-electron chi connectivity index (χ2n) is 7.62. The number of likely N-dealkylation sites (tertiary alicyclic amines) is 1. The monoisotopic (exact) mass is 402 g/mol. The third-order valence-electron chi connectivity index (χ3n) is 5.48. The molecule has 5 nitrogen and oxygen atoms in total. The van der Waals surface area contributed by atoms with Crippen LogP contribution in [0.2, 0.25) is 0 Å². The Hall–Kier alpha value is -0.850. The zero-order chi connectivity index (χ0) is 17.0. The molecule has 1 amide bonds. The number of rotatable bonds is 5. The average Bonchev–Trinajstić information content (AvgIpc) is 3.01. The van der Waals surface area contributed by atoms with Crippen LogP contribution in [0.1, 0.15) is 18.9 Å². The van der Waals surface area contributed by atoms with E-state index in [2.05, 4.69) is 47.1 Å². The first-order valence-electron chi connectivity index (χ1n) is 9.04. The van der Waals surface area contributed by atoms with Crippen molar-refractivity contribution < 1.29 is 4.79 Å². The number of benzene rings is 1. The first-order valence-corrected chi connectivity index (χ1v) is 9.04. The van der Waals surface area contributed by atoms with E-state index in [-0.39, 0.29) is 36.1 Å². The largest absolute Gasteiger partial charge is 0.341 e. The molecule has 0 bridgehead atoms. The SMILES string of the molecule is CC1(CN)CCN(C(=O)CN2CCN(Cc3ccccc3)CC2)C1.Cl.Cl. The highest BCUT2D eigenvalue weighted by Gasteiger charge is 2.35. The minimum Gasteiger partial charge on any atom is -0.341 e. The molecule has 2 N–H and O–H groups in total. The van der Waals surface area contributed by atoms with Gasteiger partial charge in [-0.15, -0.1) is 24.8 Å². The summed E-state index contributed by atoms with van der Waals surface area (Å²) in [6.07, 6.45) is 1.03. The molecule has 1 aromatic rings. The van der Waals surface area contributed by atoms with Gasteiger partial charge in [0, 0.05) is 45.8 Å². The van der Waals surface area contributed by atoms with Gasteiger partial charge in [0.1, 0.15) is 0 Å². The molecule has 0 radical (unpaired) electrons. The van der Waals surface area contributed by atoms with Crippen molar-refractivity contribution in [1.29, 1.82) is 0 Å². The standard InChI is InChI=1S/C19H30N4O.2ClH/c1-19(15-20)7-8-23(16-19)18(24)14-22-11-9-21(10-12-22)13-17-5-3-2-4-6-17;;/h2-6H,7-16,20H2,1H3;2*1H. The molecule has 0 aromatic heterocycles. The summed E-state index contributed by atoms with van der Waals surface area (Å²) in [5, 5.41) is 0. The van der Waals surface area contributed by atoms with Crippen LogP contribution in [0, 0.1) is 5.41 Å². The zero-order valence-electron chi connectivity index (χ0n) is 15.6. The summed E-state index contributed by atoms with van der Waals surface area (Å²) >= 11 is 0. The van der Waals surface area contributed by atoms with Gasteiger partial charge in [-0.3, -0.25) is 14.6 Å². The van der Waals surface area contributed by atoms with Crippen molar-refractivity contribution in [2.45, 2.75) is 19.9 Å². The fourth-order valence-corrected chi connectivity index (χ4v) is 3.64. The highest BCUT2D eigenvalue weighted by molar-refractivity contribution is 5.85. The van der Waals surface area contributed by atoms with Gasteiger partial charge in [0.15, 0.2) is 0 Å². The van der Waals surface area contributed by atoms with Crippen molar-refractivity contribution in [2.75, 3.05) is 52.4 Å². The van der Waals surface area contributed by atoms with E-state index in [1.165, 1.54) is 5.56 Å². The Balaban J connectivity index is 0.00000169. The number of amides is 1. The molecule has 1 atom stereocenters. The summed E-state index contributed by atoms with van der Waals surface area (Å²) in [5.74, 6) is 0.267. The first kappa shape index (κ1) is 23.2. The van der Waals surface area contributed by atoms with E-state index in [0.717, 1.165) is 52.2 Å². The summed E-state index contributed by atoms with van der Waals surface area (Å²) in [4.78, 5) is 19.3. The Labute approximate surface area is 169 Å². The quantitative estimate of drug-likeness (QED) is 0.816. The van der Waals surface area contributed by atoms with Crippen molar-refractivity contribution >= 4 is 30.7 Å². The molecule has 2 fully saturated rings. The topological polar surface area (TPSA) is 52.8 Å². The summed E-state index contributed by atoms with van der Waals surface area (Å²) in [7, 11) is 0. The van der Waals surface area contributed by atoms with Crippen LogP contribution >= 0.6 is 24.8 Å². The summed E-state index contributed by atoms with van der Waals surface area (Å²) in [6, 6.07) is 10.6. The predicted molar refractivity (Wildman–Crippen MR) is 111 cm³/mol. The van der Waals surface area contributed by atoms with Gasteiger partial charge < -0.3 is 10.6 Å². The number of carbonyl (C=O) groups excluding carboxylic acids is 1. The molecule has 148 valence electrons. The van der Waals surface area contributed by atoms with Gasteiger partial charge in [0.05, 0.1) is 6.54 Å². The van der Waals surface area contributed by atoms with Gasteiger partial charge in [-0.1, -0.05) is 37.3 Å². The molecule has 7 heteroatoms. The Kier molecular flexibility index (Phi) is 9.34. The van der Waals surface area contributed by atoms with Gasteiger partial charge in [0.2, 0.25) is 5.91 Å². The Morgan fingerprint density at radius 1 is 1.04 bits per heavy atom. The molecule has 2 aliphatic rings. The zero-order valence-corrected chi connectivity index (χ0v) is 17.2. The lowest BCUT2D eigenvalue weighted by Gasteiger charge is -2.35. The normalized spacial score (nSPS) is 24.0. The maximum atomic E-state index is 12.5. The van der Waals surface area contributed by atoms with Crippen LogP contribution in [0.15, 0.2) is 30.3 Å². The average molecular weight is 403 g/mol. The highest BCUT2D eigenvalue weighted by Crippen LogP contribution is 2.28. The van der Waals surface area contributed by atoms with Gasteiger partial charge >= 0.3 is 0 Å². The van der Waals surface area contributed by atoms with Crippen LogP contribution in [-0.2, 0) is 11.3 Å². The molecule has 0 aliphatic carbocycles. The Morgan fingerprint density at radius 2 is 1.65 bits per heavy atom. The fraction of sp³-hybridized carbons (Fsp3) is 0.632. The molecular formula is C19H32Cl2N4O. The fourth-order valence-electron chi connectivity index (χ4n) is 3.64. The molecular weight excluding hydrogens is 371 g/mol. The first-order chi connectivity index (χ1) is 11.6. The maximum Gasteiger partial charge on any atom is 0.236 e. The van der Waals surface area contributed by atoms with Gasteiger partial charge in [-0.2, -0.15) is 0 Å². The number of halogens is 2. The molecule has 3 rings (SSSR count). The number of hydrogen-bond donors (Lipinski definition) is 1. The molecule has 26 heavy (non-hydrogen) atoms. The number of piperazine rings is 1. The van der Waals surface area contributed by atoms with Gasteiger partial charge in [0.25, 0.3) is 0 Å². The lowest BCUT2D eigenvalue weighted by atomic mass is 9.90. The molecule has 2 saturated heterocycles. The lowest BCUT2D eigenvalue weighted by molar-refractivity contribution is -0.132. The van der Waals surface area contributed by atoms with E-state index in [0.29, 0.717) is 13.1 Å². The third-order valence-corrected chi connectivity index (χ3v) is 5.48. The molecule has 2 aliphatic heterocycles. The van der Waals surface area contributed by atoms with Crippen LogP contribution < -0.4 is 5.73 Å². The molecule has 2 heterocycles. The van der Waals surface area contributed by atoms with Crippen molar-refractivity contribution in [1.82, 2.24) is 14.7 Å². The van der Waals surface area contributed by atoms with Gasteiger partial charge in [-0.25, -0.2) is 0 Å². The lowest BCUT2D eigenvalue weighted by Crippen LogP contribution is -2.49. The van der Waals surface area contributed by atoms with E-state index in [4.69, 9.17) is 5.73 Å². The number of carbonyl (C=O) groups is 1. The van der Waals surface area contributed by atoms with E-state index in [1.807, 2.05) is 4.90 Å².